The van der Waals surface area contributed by atoms with Crippen LogP contribution in [0.1, 0.15) is 42.3 Å². The summed E-state index contributed by atoms with van der Waals surface area (Å²) >= 11 is 1.09. The average Bonchev–Trinajstić information content (AvgIpc) is 3.56. The molecule has 0 aliphatic carbocycles. The molecular weight excluding hydrogens is 587 g/mol. The lowest BCUT2D eigenvalue weighted by molar-refractivity contribution is -0.138. The monoisotopic (exact) mass is 617 g/mol. The van der Waals surface area contributed by atoms with Crippen LogP contribution < -0.4 is 15.5 Å². The Morgan fingerprint density at radius 3 is 2.58 bits per heavy atom. The molecule has 2 aliphatic heterocycles. The van der Waals surface area contributed by atoms with Crippen LogP contribution in [-0.4, -0.2) is 75.4 Å². The van der Waals surface area contributed by atoms with Gasteiger partial charge in [-0.2, -0.15) is 28.4 Å². The molecular formula is C29H30F3N5O5S. The highest BCUT2D eigenvalue weighted by Crippen LogP contribution is 2.40. The number of piperazine rings is 1. The molecule has 0 saturated carbocycles. The number of ether oxygens (including phenoxy) is 1. The molecule has 228 valence electrons. The fourth-order valence-corrected chi connectivity index (χ4v) is 6.02. The summed E-state index contributed by atoms with van der Waals surface area (Å²) in [6, 6.07) is 7.60. The molecule has 3 N–H and O–H groups in total. The zero-order chi connectivity index (χ0) is 31.1. The van der Waals surface area contributed by atoms with Crippen molar-refractivity contribution in [3.05, 3.63) is 68.5 Å². The maximum Gasteiger partial charge on any atom is 0.416 e. The van der Waals surface area contributed by atoms with Crippen molar-refractivity contribution in [2.24, 2.45) is 10.2 Å². The lowest BCUT2D eigenvalue weighted by Gasteiger charge is -2.40. The predicted molar refractivity (Wildman–Crippen MR) is 154 cm³/mol. The standard InChI is InChI=1S/C29H30F3N5O5S/c1-28(2,3)42-27(41)37-9-8-36(14-19(37)15-38)26-34-25(40)24(43-26)21(16-5-7-23-18(10-16)13-33-35-23)11-17-4-6-20(39)12-22(17)29(30,31)32/h4-7,10,12-13,19,38-40H,8-9,11,14-15H2,1-3H3/t19-/m1/s1. The van der Waals surface area contributed by atoms with Gasteiger partial charge < -0.3 is 25.0 Å². The van der Waals surface area contributed by atoms with Gasteiger partial charge in [-0.25, -0.2) is 4.79 Å². The number of halogens is 3. The first-order valence-corrected chi connectivity index (χ1v) is 14.2. The van der Waals surface area contributed by atoms with Crippen LogP contribution in [0.15, 0.2) is 46.6 Å². The van der Waals surface area contributed by atoms with Gasteiger partial charge in [0.25, 0.3) is 0 Å². The molecule has 14 heteroatoms. The Hall–Kier alpha value is -4.17. The van der Waals surface area contributed by atoms with Gasteiger partial charge in [0.1, 0.15) is 11.4 Å². The summed E-state index contributed by atoms with van der Waals surface area (Å²) in [6.07, 6.45) is -3.97. The Labute approximate surface area is 248 Å². The van der Waals surface area contributed by atoms with Crippen molar-refractivity contribution < 1.29 is 38.0 Å². The number of aliphatic hydroxyl groups excluding tert-OH is 1. The number of hydrogen-bond donors (Lipinski definition) is 3. The second-order valence-corrected chi connectivity index (χ2v) is 12.2. The van der Waals surface area contributed by atoms with Crippen LogP contribution in [0.2, 0.25) is 0 Å². The van der Waals surface area contributed by atoms with Gasteiger partial charge in [-0.05, 0) is 61.4 Å². The Morgan fingerprint density at radius 2 is 1.88 bits per heavy atom. The SMILES string of the molecule is CC(C)(C)OC(=O)N1CCN(c2nc(O)c(C(Cc3ccc(O)cc3C(F)(F)F)=c3ccc4c(c3)C=NN=4)s2)C[C@@H]1CO. The highest BCUT2D eigenvalue weighted by Gasteiger charge is 2.36. The van der Waals surface area contributed by atoms with E-state index in [1.807, 2.05) is 4.90 Å². The molecule has 0 unspecified atom stereocenters. The third kappa shape index (κ3) is 6.59. The van der Waals surface area contributed by atoms with E-state index in [4.69, 9.17) is 4.74 Å². The number of hydrogen-bond acceptors (Lipinski definition) is 10. The lowest BCUT2D eigenvalue weighted by Crippen LogP contribution is -2.57. The maximum atomic E-state index is 14.0. The predicted octanol–water partition coefficient (Wildman–Crippen LogP) is 3.40. The fraction of sp³-hybridized carbons (Fsp3) is 0.379. The van der Waals surface area contributed by atoms with Crippen LogP contribution in [0.3, 0.4) is 0 Å². The normalized spacial score (nSPS) is 17.5. The van der Waals surface area contributed by atoms with Crippen molar-refractivity contribution in [1.29, 1.82) is 0 Å². The van der Waals surface area contributed by atoms with E-state index in [0.717, 1.165) is 11.3 Å². The van der Waals surface area contributed by atoms with Crippen LogP contribution in [0.25, 0.3) is 5.57 Å². The van der Waals surface area contributed by atoms with Crippen molar-refractivity contribution in [3.63, 3.8) is 0 Å². The molecule has 1 atom stereocenters. The van der Waals surface area contributed by atoms with E-state index >= 15 is 0 Å². The van der Waals surface area contributed by atoms with Gasteiger partial charge >= 0.3 is 12.3 Å². The zero-order valence-electron chi connectivity index (χ0n) is 23.6. The van der Waals surface area contributed by atoms with Crippen LogP contribution in [0.5, 0.6) is 11.6 Å². The number of phenolic OH excluding ortho intramolecular Hbond substituents is 1. The third-order valence-electron chi connectivity index (χ3n) is 6.97. The van der Waals surface area contributed by atoms with Crippen LogP contribution in [0, 0.1) is 0 Å². The molecule has 1 saturated heterocycles. The number of alkyl halides is 3. The average molecular weight is 618 g/mol. The largest absolute Gasteiger partial charge is 0.508 e. The van der Waals surface area contributed by atoms with Crippen molar-refractivity contribution in [2.45, 2.75) is 45.0 Å². The third-order valence-corrected chi connectivity index (χ3v) is 8.13. The van der Waals surface area contributed by atoms with Gasteiger partial charge in [0.15, 0.2) is 5.13 Å². The van der Waals surface area contributed by atoms with Crippen molar-refractivity contribution in [2.75, 3.05) is 31.1 Å². The number of anilines is 1. The van der Waals surface area contributed by atoms with E-state index in [0.29, 0.717) is 39.5 Å². The molecule has 10 nitrogen and oxygen atoms in total. The molecule has 5 rings (SSSR count). The number of fused-ring (bicyclic) bond motifs is 1. The number of amides is 1. The smallest absolute Gasteiger partial charge is 0.416 e. The summed E-state index contributed by atoms with van der Waals surface area (Å²) in [7, 11) is 0. The minimum absolute atomic E-state index is 0.0974. The quantitative estimate of drug-likeness (QED) is 0.400. The first kappa shape index (κ1) is 30.3. The fourth-order valence-electron chi connectivity index (χ4n) is 4.96. The number of carbonyl (C=O) groups excluding carboxylic acids is 1. The molecule has 1 amide bonds. The molecule has 43 heavy (non-hydrogen) atoms. The number of aromatic nitrogens is 1. The zero-order valence-corrected chi connectivity index (χ0v) is 24.4. The topological polar surface area (TPSA) is 131 Å². The van der Waals surface area contributed by atoms with Gasteiger partial charge in [0.2, 0.25) is 5.88 Å². The minimum Gasteiger partial charge on any atom is -0.508 e. The number of benzene rings is 2. The number of nitrogens with zero attached hydrogens (tertiary/aromatic N) is 5. The van der Waals surface area contributed by atoms with E-state index < -0.39 is 35.2 Å². The molecule has 3 aromatic rings. The number of phenols is 1. The van der Waals surface area contributed by atoms with Crippen LogP contribution in [0.4, 0.5) is 23.1 Å². The van der Waals surface area contributed by atoms with Gasteiger partial charge in [0, 0.05) is 31.6 Å². The van der Waals surface area contributed by atoms with Crippen molar-refractivity contribution in [1.82, 2.24) is 9.88 Å². The van der Waals surface area contributed by atoms with Crippen molar-refractivity contribution >= 4 is 34.3 Å². The summed E-state index contributed by atoms with van der Waals surface area (Å²) in [5, 5.41) is 40.3. The first-order chi connectivity index (χ1) is 20.2. The molecule has 1 aromatic heterocycles. The molecule has 1 fully saturated rings. The Bertz CT molecular complexity index is 1700. The number of aromatic hydroxyl groups is 2. The van der Waals surface area contributed by atoms with E-state index in [2.05, 4.69) is 15.2 Å². The highest BCUT2D eigenvalue weighted by molar-refractivity contribution is 7.17. The molecule has 0 radical (unpaired) electrons. The number of rotatable bonds is 5. The van der Waals surface area contributed by atoms with E-state index in [1.165, 1.54) is 23.2 Å². The van der Waals surface area contributed by atoms with E-state index in [-0.39, 0.29) is 42.4 Å². The second-order valence-electron chi connectivity index (χ2n) is 11.2. The van der Waals surface area contributed by atoms with Crippen molar-refractivity contribution in [3.8, 4) is 11.6 Å². The van der Waals surface area contributed by atoms with Gasteiger partial charge in [-0.1, -0.05) is 23.5 Å². The summed E-state index contributed by atoms with van der Waals surface area (Å²) < 4.78 is 47.4. The Kier molecular flexibility index (Phi) is 8.09. The second kappa shape index (κ2) is 11.5. The number of aliphatic hydroxyl groups is 1. The molecule has 3 heterocycles. The summed E-state index contributed by atoms with van der Waals surface area (Å²) in [6.45, 7) is 5.67. The lowest BCUT2D eigenvalue weighted by atomic mass is 9.96. The molecule has 0 spiro atoms. The summed E-state index contributed by atoms with van der Waals surface area (Å²) in [5.74, 6) is -0.879. The molecule has 2 aliphatic rings. The van der Waals surface area contributed by atoms with E-state index in [9.17, 15) is 33.3 Å². The summed E-state index contributed by atoms with van der Waals surface area (Å²) in [5.41, 5.74) is -0.746. The number of carbonyl (C=O) groups is 1. The minimum atomic E-state index is -4.73. The Balaban J connectivity index is 1.53. The van der Waals surface area contributed by atoms with Crippen LogP contribution >= 0.6 is 11.3 Å². The van der Waals surface area contributed by atoms with Gasteiger partial charge in [0.05, 0.1) is 34.7 Å². The van der Waals surface area contributed by atoms with Gasteiger partial charge in [-0.15, -0.1) is 0 Å². The highest BCUT2D eigenvalue weighted by atomic mass is 32.1. The molecule has 0 bridgehead atoms. The number of thiazole rings is 1. The van der Waals surface area contributed by atoms with Crippen LogP contribution in [-0.2, 0) is 17.3 Å². The first-order valence-electron chi connectivity index (χ1n) is 13.4. The molecule has 2 aromatic carbocycles. The maximum absolute atomic E-state index is 14.0. The Morgan fingerprint density at radius 1 is 1.12 bits per heavy atom. The van der Waals surface area contributed by atoms with E-state index in [1.54, 1.807) is 39.0 Å². The summed E-state index contributed by atoms with van der Waals surface area (Å²) in [4.78, 5) is 20.6. The van der Waals surface area contributed by atoms with Gasteiger partial charge in [-0.3, -0.25) is 4.90 Å².